The molecule has 0 saturated carbocycles. The molecular formula is C4H7KO. The molecule has 0 rings (SSSR count). The van der Waals surface area contributed by atoms with Gasteiger partial charge in [-0.1, -0.05) is 6.08 Å². The molecule has 0 radical (unpaired) electrons. The third-order valence-corrected chi connectivity index (χ3v) is 0.332. The van der Waals surface area contributed by atoms with Gasteiger partial charge in [0.15, 0.2) is 0 Å². The van der Waals surface area contributed by atoms with Crippen LogP contribution in [-0.4, -0.2) is 6.61 Å². The fraction of sp³-hybridized carbons (Fsp3) is 0.500. The molecule has 6 heavy (non-hydrogen) atoms. The molecular weight excluding hydrogens is 103 g/mol. The minimum Gasteiger partial charge on any atom is -0.851 e. The summed E-state index contributed by atoms with van der Waals surface area (Å²) in [4.78, 5) is 0. The first-order chi connectivity index (χ1) is 2.41. The molecule has 0 atom stereocenters. The molecule has 0 N–H and O–H groups in total. The molecule has 0 aromatic carbocycles. The molecule has 0 bridgehead atoms. The fourth-order valence-corrected chi connectivity index (χ4v) is 0.0962. The third kappa shape index (κ3) is 9.01. The van der Waals surface area contributed by atoms with E-state index in [9.17, 15) is 5.11 Å². The number of rotatable bonds is 1. The predicted molar refractivity (Wildman–Crippen MR) is 19.7 cm³/mol. The maximum absolute atomic E-state index is 9.44. The zero-order valence-electron chi connectivity index (χ0n) is 4.27. The minimum absolute atomic E-state index is 0. The van der Waals surface area contributed by atoms with Crippen molar-refractivity contribution in [2.45, 2.75) is 6.92 Å². The summed E-state index contributed by atoms with van der Waals surface area (Å²) in [5.74, 6) is 0. The molecule has 0 spiro atoms. The zero-order valence-corrected chi connectivity index (χ0v) is 7.39. The molecule has 0 saturated heterocycles. The molecule has 1 nitrogen and oxygen atoms in total. The van der Waals surface area contributed by atoms with Crippen LogP contribution in [0.5, 0.6) is 0 Å². The Bertz CT molecular complexity index is 34.5. The summed E-state index contributed by atoms with van der Waals surface area (Å²) in [6.07, 6.45) is 3.31. The normalized spacial score (nSPS) is 8.33. The van der Waals surface area contributed by atoms with Crippen molar-refractivity contribution < 1.29 is 56.5 Å². The number of hydrogen-bond acceptors (Lipinski definition) is 1. The Balaban J connectivity index is 0. The molecule has 0 aromatic rings. The van der Waals surface area contributed by atoms with Crippen molar-refractivity contribution >= 4 is 0 Å². The molecule has 0 heterocycles. The van der Waals surface area contributed by atoms with Crippen LogP contribution in [0.1, 0.15) is 6.92 Å². The predicted octanol–water partition coefficient (Wildman–Crippen LogP) is -3.07. The van der Waals surface area contributed by atoms with E-state index < -0.39 is 0 Å². The summed E-state index contributed by atoms with van der Waals surface area (Å²) in [5, 5.41) is 9.44. The average Bonchev–Trinajstić information content (AvgIpc) is 1.41. The van der Waals surface area contributed by atoms with E-state index in [4.69, 9.17) is 0 Å². The third-order valence-electron chi connectivity index (χ3n) is 0.332. The summed E-state index contributed by atoms with van der Waals surface area (Å²) >= 11 is 0. The van der Waals surface area contributed by atoms with Gasteiger partial charge < -0.3 is 5.11 Å². The van der Waals surface area contributed by atoms with E-state index in [1.807, 2.05) is 6.92 Å². The van der Waals surface area contributed by atoms with Gasteiger partial charge >= 0.3 is 51.4 Å². The van der Waals surface area contributed by atoms with Gasteiger partial charge in [-0.25, -0.2) is 0 Å². The Morgan fingerprint density at radius 1 is 1.67 bits per heavy atom. The Morgan fingerprint density at radius 2 is 2.17 bits per heavy atom. The van der Waals surface area contributed by atoms with Gasteiger partial charge in [-0.15, -0.1) is 12.7 Å². The van der Waals surface area contributed by atoms with Crippen LogP contribution in [0.3, 0.4) is 0 Å². The van der Waals surface area contributed by atoms with Gasteiger partial charge in [0.05, 0.1) is 0 Å². The SMILES string of the molecule is C/C=C\C[O-].[K+]. The molecule has 2 heteroatoms. The van der Waals surface area contributed by atoms with Crippen LogP contribution in [-0.2, 0) is 0 Å². The van der Waals surface area contributed by atoms with Crippen LogP contribution >= 0.6 is 0 Å². The van der Waals surface area contributed by atoms with Gasteiger partial charge in [0.25, 0.3) is 0 Å². The van der Waals surface area contributed by atoms with Crippen LogP contribution in [0.4, 0.5) is 0 Å². The van der Waals surface area contributed by atoms with Crippen molar-refractivity contribution in [1.82, 2.24) is 0 Å². The second-order valence-electron chi connectivity index (χ2n) is 0.736. The molecule has 0 aliphatic carbocycles. The first-order valence-electron chi connectivity index (χ1n) is 1.61. The van der Waals surface area contributed by atoms with Gasteiger partial charge in [0, 0.05) is 0 Å². The van der Waals surface area contributed by atoms with E-state index in [1.54, 1.807) is 12.2 Å². The van der Waals surface area contributed by atoms with E-state index in [0.717, 1.165) is 0 Å². The van der Waals surface area contributed by atoms with E-state index >= 15 is 0 Å². The van der Waals surface area contributed by atoms with Crippen LogP contribution in [0.15, 0.2) is 12.2 Å². The van der Waals surface area contributed by atoms with E-state index in [2.05, 4.69) is 0 Å². The second-order valence-corrected chi connectivity index (χ2v) is 0.736. The maximum Gasteiger partial charge on any atom is 1.00 e. The number of hydrogen-bond donors (Lipinski definition) is 0. The van der Waals surface area contributed by atoms with Gasteiger partial charge in [-0.3, -0.25) is 0 Å². The molecule has 0 fully saturated rings. The van der Waals surface area contributed by atoms with Crippen LogP contribution in [0.25, 0.3) is 0 Å². The summed E-state index contributed by atoms with van der Waals surface area (Å²) in [6.45, 7) is 1.74. The second kappa shape index (κ2) is 9.60. The average molecular weight is 110 g/mol. The number of allylic oxidation sites excluding steroid dienone is 1. The quantitative estimate of drug-likeness (QED) is 0.259. The van der Waals surface area contributed by atoms with E-state index in [1.165, 1.54) is 0 Å². The van der Waals surface area contributed by atoms with Gasteiger partial charge in [0.1, 0.15) is 0 Å². The van der Waals surface area contributed by atoms with Gasteiger partial charge in [-0.2, -0.15) is 0 Å². The summed E-state index contributed by atoms with van der Waals surface area (Å²) in [7, 11) is 0. The molecule has 0 aromatic heterocycles. The Morgan fingerprint density at radius 3 is 2.17 bits per heavy atom. The smallest absolute Gasteiger partial charge is 0.851 e. The monoisotopic (exact) mass is 110 g/mol. The summed E-state index contributed by atoms with van der Waals surface area (Å²) in [6, 6.07) is 0. The first-order valence-corrected chi connectivity index (χ1v) is 1.61. The van der Waals surface area contributed by atoms with Gasteiger partial charge in [0.2, 0.25) is 0 Å². The molecule has 0 amide bonds. The van der Waals surface area contributed by atoms with Crippen molar-refractivity contribution in [2.75, 3.05) is 6.61 Å². The van der Waals surface area contributed by atoms with Crippen molar-refractivity contribution in [3.8, 4) is 0 Å². The van der Waals surface area contributed by atoms with Gasteiger partial charge in [-0.05, 0) is 6.92 Å². The maximum atomic E-state index is 9.44. The van der Waals surface area contributed by atoms with Crippen molar-refractivity contribution in [3.63, 3.8) is 0 Å². The summed E-state index contributed by atoms with van der Waals surface area (Å²) in [5.41, 5.74) is 0. The Labute approximate surface area is 80.9 Å². The standard InChI is InChI=1S/C4H7O.K/c1-2-3-4-5;/h2-3H,4H2,1H3;/q-1;+1/b3-2-;. The molecule has 30 valence electrons. The van der Waals surface area contributed by atoms with Crippen molar-refractivity contribution in [3.05, 3.63) is 12.2 Å². The fourth-order valence-electron chi connectivity index (χ4n) is 0.0962. The van der Waals surface area contributed by atoms with Crippen LogP contribution in [0, 0.1) is 0 Å². The van der Waals surface area contributed by atoms with E-state index in [-0.39, 0.29) is 58.0 Å². The Kier molecular flexibility index (Phi) is 16.5. The molecule has 0 aliphatic rings. The minimum atomic E-state index is -0.0868. The molecule has 0 unspecified atom stereocenters. The first kappa shape index (κ1) is 10.3. The largest absolute Gasteiger partial charge is 1.00 e. The van der Waals surface area contributed by atoms with Crippen molar-refractivity contribution in [1.29, 1.82) is 0 Å². The summed E-state index contributed by atoms with van der Waals surface area (Å²) < 4.78 is 0. The Hall–Kier alpha value is 1.34. The topological polar surface area (TPSA) is 23.1 Å². The zero-order chi connectivity index (χ0) is 4.12. The van der Waals surface area contributed by atoms with E-state index in [0.29, 0.717) is 0 Å². The van der Waals surface area contributed by atoms with Crippen LogP contribution in [0.2, 0.25) is 0 Å². The van der Waals surface area contributed by atoms with Crippen LogP contribution < -0.4 is 56.5 Å². The molecule has 0 aliphatic heterocycles. The van der Waals surface area contributed by atoms with Crippen molar-refractivity contribution in [2.24, 2.45) is 0 Å².